The van der Waals surface area contributed by atoms with E-state index in [0.29, 0.717) is 11.3 Å². The summed E-state index contributed by atoms with van der Waals surface area (Å²) in [5, 5.41) is 12.0. The van der Waals surface area contributed by atoms with Gasteiger partial charge in [0.2, 0.25) is 0 Å². The molecule has 0 spiro atoms. The quantitative estimate of drug-likeness (QED) is 0.505. The summed E-state index contributed by atoms with van der Waals surface area (Å²) >= 11 is 0. The summed E-state index contributed by atoms with van der Waals surface area (Å²) in [7, 11) is -3.93. The number of hydrogen-bond acceptors (Lipinski definition) is 3. The van der Waals surface area contributed by atoms with E-state index < -0.39 is 16.0 Å². The van der Waals surface area contributed by atoms with Crippen molar-refractivity contribution in [3.8, 4) is 0 Å². The summed E-state index contributed by atoms with van der Waals surface area (Å²) in [4.78, 5) is 11.1. The number of anilines is 1. The molecule has 3 aromatic rings. The Morgan fingerprint density at radius 2 is 1.46 bits per heavy atom. The van der Waals surface area contributed by atoms with Crippen LogP contribution in [0.5, 0.6) is 0 Å². The number of sulfonamides is 1. The first-order valence-corrected chi connectivity index (χ1v) is 9.86. The molecule has 0 radical (unpaired) electrons. The highest BCUT2D eigenvalue weighted by Crippen LogP contribution is 2.17. The Kier molecular flexibility index (Phi) is 5.56. The lowest BCUT2D eigenvalue weighted by Gasteiger charge is -2.11. The normalized spacial score (nSPS) is 11.8. The molecule has 6 nitrogen and oxygen atoms in total. The predicted octanol–water partition coefficient (Wildman–Crippen LogP) is 3.94. The van der Waals surface area contributed by atoms with Crippen LogP contribution in [0.15, 0.2) is 88.2 Å². The van der Waals surface area contributed by atoms with Gasteiger partial charge in [0, 0.05) is 11.3 Å². The first-order valence-electron chi connectivity index (χ1n) is 8.42. The zero-order valence-corrected chi connectivity index (χ0v) is 15.8. The first kappa shape index (κ1) is 19.3. The summed E-state index contributed by atoms with van der Waals surface area (Å²) in [5.41, 5.74) is 2.19. The largest absolute Gasteiger partial charge is 0.478 e. The summed E-state index contributed by atoms with van der Waals surface area (Å²) < 4.78 is 29.5. The fourth-order valence-electron chi connectivity index (χ4n) is 2.46. The van der Waals surface area contributed by atoms with E-state index in [1.165, 1.54) is 24.3 Å². The number of amidine groups is 1. The van der Waals surface area contributed by atoms with Gasteiger partial charge < -0.3 is 10.4 Å². The molecule has 0 atom stereocenters. The van der Waals surface area contributed by atoms with Crippen LogP contribution in [0.2, 0.25) is 0 Å². The van der Waals surface area contributed by atoms with Crippen molar-refractivity contribution in [2.75, 3.05) is 5.32 Å². The summed E-state index contributed by atoms with van der Waals surface area (Å²) in [5.74, 6) is -0.894. The maximum absolute atomic E-state index is 12.8. The van der Waals surface area contributed by atoms with Crippen molar-refractivity contribution < 1.29 is 18.3 Å². The van der Waals surface area contributed by atoms with Gasteiger partial charge >= 0.3 is 5.97 Å². The summed E-state index contributed by atoms with van der Waals surface area (Å²) in [6, 6.07) is 21.3. The zero-order valence-electron chi connectivity index (χ0n) is 15.0. The molecule has 3 aromatic carbocycles. The van der Waals surface area contributed by atoms with Crippen molar-refractivity contribution in [2.45, 2.75) is 11.8 Å². The number of benzene rings is 3. The minimum atomic E-state index is -3.93. The molecule has 2 N–H and O–H groups in total. The Bertz CT molecular complexity index is 1110. The van der Waals surface area contributed by atoms with Crippen LogP contribution in [0, 0.1) is 6.92 Å². The molecule has 0 aliphatic rings. The van der Waals surface area contributed by atoms with Crippen LogP contribution in [0.3, 0.4) is 0 Å². The molecule has 7 heteroatoms. The van der Waals surface area contributed by atoms with Gasteiger partial charge in [-0.25, -0.2) is 4.79 Å². The third-order valence-corrected chi connectivity index (χ3v) is 5.26. The molecule has 0 saturated carbocycles. The molecule has 0 bridgehead atoms. The molecule has 28 heavy (non-hydrogen) atoms. The highest BCUT2D eigenvalue weighted by molar-refractivity contribution is 7.90. The minimum Gasteiger partial charge on any atom is -0.478 e. The van der Waals surface area contributed by atoms with E-state index in [1.807, 2.05) is 13.0 Å². The number of carboxylic acids is 1. The molecule has 0 heterocycles. The van der Waals surface area contributed by atoms with E-state index in [0.717, 1.165) is 5.56 Å². The second kappa shape index (κ2) is 8.06. The van der Waals surface area contributed by atoms with E-state index in [1.54, 1.807) is 48.5 Å². The summed E-state index contributed by atoms with van der Waals surface area (Å²) in [6.07, 6.45) is 0. The van der Waals surface area contributed by atoms with Gasteiger partial charge in [0.25, 0.3) is 10.0 Å². The van der Waals surface area contributed by atoms with Gasteiger partial charge in [-0.05, 0) is 43.3 Å². The molecule has 0 fully saturated rings. The second-order valence-electron chi connectivity index (χ2n) is 6.10. The van der Waals surface area contributed by atoms with E-state index in [2.05, 4.69) is 9.71 Å². The van der Waals surface area contributed by atoms with Crippen LogP contribution < -0.4 is 5.32 Å². The fourth-order valence-corrected chi connectivity index (χ4v) is 3.44. The van der Waals surface area contributed by atoms with E-state index in [4.69, 9.17) is 5.11 Å². The Balaban J connectivity index is 2.01. The van der Waals surface area contributed by atoms with Crippen molar-refractivity contribution in [1.29, 1.82) is 0 Å². The molecule has 3 rings (SSSR count). The van der Waals surface area contributed by atoms with E-state index in [9.17, 15) is 13.2 Å². The number of carboxylic acid groups (broad SMARTS) is 1. The van der Waals surface area contributed by atoms with Gasteiger partial charge in [0.05, 0.1) is 10.5 Å². The van der Waals surface area contributed by atoms with Crippen LogP contribution >= 0.6 is 0 Å². The van der Waals surface area contributed by atoms with Crippen molar-refractivity contribution in [3.63, 3.8) is 0 Å². The fraction of sp³-hybridized carbons (Fsp3) is 0.0476. The SMILES string of the molecule is Cc1ccc(S(=O)(=O)/N=C(\Nc2ccc(C(=O)O)cc2)c2ccccc2)cc1. The van der Waals surface area contributed by atoms with Crippen molar-refractivity contribution in [2.24, 2.45) is 4.40 Å². The molecule has 0 aliphatic carbocycles. The van der Waals surface area contributed by atoms with Crippen LogP contribution in [0.25, 0.3) is 0 Å². The van der Waals surface area contributed by atoms with Crippen molar-refractivity contribution in [1.82, 2.24) is 0 Å². The number of nitrogens with zero attached hydrogens (tertiary/aromatic N) is 1. The molecule has 0 saturated heterocycles. The molecule has 0 aliphatic heterocycles. The lowest BCUT2D eigenvalue weighted by molar-refractivity contribution is 0.0697. The van der Waals surface area contributed by atoms with Gasteiger partial charge in [-0.3, -0.25) is 0 Å². The third kappa shape index (κ3) is 4.63. The minimum absolute atomic E-state index is 0.0922. The van der Waals surface area contributed by atoms with Gasteiger partial charge in [-0.2, -0.15) is 8.42 Å². The van der Waals surface area contributed by atoms with Crippen molar-refractivity contribution >= 4 is 27.5 Å². The number of carbonyl (C=O) groups is 1. The maximum atomic E-state index is 12.8. The highest BCUT2D eigenvalue weighted by Gasteiger charge is 2.16. The smallest absolute Gasteiger partial charge is 0.335 e. The number of rotatable bonds is 5. The zero-order chi connectivity index (χ0) is 20.1. The number of nitrogens with one attached hydrogen (secondary N) is 1. The number of aromatic carboxylic acids is 1. The van der Waals surface area contributed by atoms with Crippen LogP contribution in [-0.2, 0) is 10.0 Å². The van der Waals surface area contributed by atoms with Crippen LogP contribution in [0.1, 0.15) is 21.5 Å². The standard InChI is InChI=1S/C21H18N2O4S/c1-15-7-13-19(14-8-15)28(26,27)23-20(16-5-3-2-4-6-16)22-18-11-9-17(10-12-18)21(24)25/h2-14H,1H3,(H,22,23)(H,24,25). The van der Waals surface area contributed by atoms with Gasteiger partial charge in [-0.1, -0.05) is 48.0 Å². The second-order valence-corrected chi connectivity index (χ2v) is 7.71. The van der Waals surface area contributed by atoms with Crippen molar-refractivity contribution in [3.05, 3.63) is 95.6 Å². The lowest BCUT2D eigenvalue weighted by Crippen LogP contribution is -2.16. The lowest BCUT2D eigenvalue weighted by atomic mass is 10.2. The third-order valence-electron chi connectivity index (χ3n) is 3.97. The van der Waals surface area contributed by atoms with Crippen LogP contribution in [0.4, 0.5) is 5.69 Å². The van der Waals surface area contributed by atoms with Gasteiger partial charge in [0.15, 0.2) is 5.84 Å². The molecule has 0 unspecified atom stereocenters. The maximum Gasteiger partial charge on any atom is 0.335 e. The predicted molar refractivity (Wildman–Crippen MR) is 108 cm³/mol. The van der Waals surface area contributed by atoms with E-state index in [-0.39, 0.29) is 16.3 Å². The summed E-state index contributed by atoms with van der Waals surface area (Å²) in [6.45, 7) is 1.87. The average Bonchev–Trinajstić information content (AvgIpc) is 2.69. The highest BCUT2D eigenvalue weighted by atomic mass is 32.2. The number of hydrogen-bond donors (Lipinski definition) is 2. The Labute approximate surface area is 163 Å². The molecule has 0 aromatic heterocycles. The topological polar surface area (TPSA) is 95.8 Å². The van der Waals surface area contributed by atoms with Crippen LogP contribution in [-0.4, -0.2) is 25.3 Å². The Hall–Kier alpha value is -3.45. The van der Waals surface area contributed by atoms with Gasteiger partial charge in [0.1, 0.15) is 0 Å². The average molecular weight is 394 g/mol. The number of aryl methyl sites for hydroxylation is 1. The molecule has 142 valence electrons. The first-order chi connectivity index (χ1) is 13.3. The Morgan fingerprint density at radius 1 is 0.857 bits per heavy atom. The monoisotopic (exact) mass is 394 g/mol. The van der Waals surface area contributed by atoms with Gasteiger partial charge in [-0.15, -0.1) is 4.40 Å². The molecule has 0 amide bonds. The van der Waals surface area contributed by atoms with E-state index >= 15 is 0 Å². The Morgan fingerprint density at radius 3 is 2.04 bits per heavy atom. The molecular weight excluding hydrogens is 376 g/mol. The molecular formula is C21H18N2O4S.